The number of benzene rings is 1. The minimum atomic E-state index is 0.271. The first-order valence-corrected chi connectivity index (χ1v) is 6.95. The van der Waals surface area contributed by atoms with E-state index in [-0.39, 0.29) is 6.79 Å². The van der Waals surface area contributed by atoms with Gasteiger partial charge in [0.1, 0.15) is 5.75 Å². The molecular weight excluding hydrogens is 268 g/mol. The van der Waals surface area contributed by atoms with E-state index in [0.717, 1.165) is 41.3 Å². The molecule has 0 aliphatic carbocycles. The van der Waals surface area contributed by atoms with Crippen molar-refractivity contribution in [2.24, 2.45) is 0 Å². The fraction of sp³-hybridized carbons (Fsp3) is 0.312. The van der Waals surface area contributed by atoms with E-state index in [2.05, 4.69) is 10.3 Å². The van der Waals surface area contributed by atoms with Gasteiger partial charge in [0.15, 0.2) is 11.5 Å². The summed E-state index contributed by atoms with van der Waals surface area (Å²) in [4.78, 5) is 4.10. The standard InChI is InChI=1S/C16H18N2O3/c1-17-10-13-7-15-16(21-11-20-15)8-14(13)19-6-4-12-3-2-5-18-9-12/h2-3,5,7-9,17H,4,6,10-11H2,1H3. The number of hydrogen-bond acceptors (Lipinski definition) is 5. The van der Waals surface area contributed by atoms with E-state index in [1.165, 1.54) is 0 Å². The van der Waals surface area contributed by atoms with Gasteiger partial charge in [-0.2, -0.15) is 0 Å². The Labute approximate surface area is 123 Å². The van der Waals surface area contributed by atoms with Gasteiger partial charge in [0.25, 0.3) is 0 Å². The number of hydrogen-bond donors (Lipinski definition) is 1. The molecule has 0 saturated heterocycles. The van der Waals surface area contributed by atoms with Crippen LogP contribution in [0.2, 0.25) is 0 Å². The molecule has 5 heteroatoms. The van der Waals surface area contributed by atoms with Gasteiger partial charge >= 0.3 is 0 Å². The topological polar surface area (TPSA) is 52.6 Å². The molecule has 21 heavy (non-hydrogen) atoms. The van der Waals surface area contributed by atoms with Gasteiger partial charge < -0.3 is 19.5 Å². The van der Waals surface area contributed by atoms with Crippen LogP contribution >= 0.6 is 0 Å². The van der Waals surface area contributed by atoms with E-state index in [1.807, 2.05) is 37.5 Å². The zero-order chi connectivity index (χ0) is 14.5. The molecule has 0 saturated carbocycles. The molecule has 0 unspecified atom stereocenters. The van der Waals surface area contributed by atoms with Crippen molar-refractivity contribution in [1.82, 2.24) is 10.3 Å². The maximum atomic E-state index is 5.92. The lowest BCUT2D eigenvalue weighted by Crippen LogP contribution is -2.09. The number of nitrogens with one attached hydrogen (secondary N) is 1. The molecule has 0 radical (unpaired) electrons. The third-order valence-corrected chi connectivity index (χ3v) is 3.29. The highest BCUT2D eigenvalue weighted by molar-refractivity contribution is 5.51. The maximum Gasteiger partial charge on any atom is 0.231 e. The summed E-state index contributed by atoms with van der Waals surface area (Å²) in [5, 5.41) is 3.14. The Balaban J connectivity index is 1.69. The lowest BCUT2D eigenvalue weighted by Gasteiger charge is -2.12. The molecule has 1 aromatic heterocycles. The lowest BCUT2D eigenvalue weighted by atomic mass is 10.1. The molecule has 0 spiro atoms. The first-order chi connectivity index (χ1) is 10.4. The van der Waals surface area contributed by atoms with Crippen molar-refractivity contribution in [3.8, 4) is 17.2 Å². The molecule has 5 nitrogen and oxygen atoms in total. The summed E-state index contributed by atoms with van der Waals surface area (Å²) in [6, 6.07) is 7.85. The Bertz CT molecular complexity index is 602. The van der Waals surface area contributed by atoms with Gasteiger partial charge in [-0.1, -0.05) is 6.07 Å². The Morgan fingerprint density at radius 3 is 2.90 bits per heavy atom. The smallest absolute Gasteiger partial charge is 0.231 e. The molecule has 1 aliphatic heterocycles. The molecule has 3 rings (SSSR count). The normalized spacial score (nSPS) is 12.4. The molecule has 1 aliphatic rings. The SMILES string of the molecule is CNCc1cc2c(cc1OCCc1cccnc1)OCO2. The first kappa shape index (κ1) is 13.7. The zero-order valence-corrected chi connectivity index (χ0v) is 12.0. The van der Waals surface area contributed by atoms with Crippen LogP contribution in [-0.2, 0) is 13.0 Å². The largest absolute Gasteiger partial charge is 0.493 e. The molecule has 2 heterocycles. The van der Waals surface area contributed by atoms with Crippen LogP contribution < -0.4 is 19.5 Å². The van der Waals surface area contributed by atoms with Gasteiger partial charge in [-0.15, -0.1) is 0 Å². The summed E-state index contributed by atoms with van der Waals surface area (Å²) in [6.07, 6.45) is 4.45. The summed E-state index contributed by atoms with van der Waals surface area (Å²) >= 11 is 0. The minimum absolute atomic E-state index is 0.271. The fourth-order valence-corrected chi connectivity index (χ4v) is 2.25. The molecule has 1 aromatic carbocycles. The number of fused-ring (bicyclic) bond motifs is 1. The number of ether oxygens (including phenoxy) is 3. The molecule has 0 amide bonds. The molecule has 2 aromatic rings. The van der Waals surface area contributed by atoms with E-state index in [0.29, 0.717) is 6.61 Å². The van der Waals surface area contributed by atoms with Crippen LogP contribution in [0.15, 0.2) is 36.7 Å². The third-order valence-electron chi connectivity index (χ3n) is 3.29. The van der Waals surface area contributed by atoms with Crippen molar-refractivity contribution in [2.75, 3.05) is 20.4 Å². The van der Waals surface area contributed by atoms with Crippen LogP contribution in [0.3, 0.4) is 0 Å². The summed E-state index contributed by atoms with van der Waals surface area (Å²) in [5.41, 5.74) is 2.22. The summed E-state index contributed by atoms with van der Waals surface area (Å²) in [5.74, 6) is 2.35. The van der Waals surface area contributed by atoms with Crippen LogP contribution in [0, 0.1) is 0 Å². The lowest BCUT2D eigenvalue weighted by molar-refractivity contribution is 0.173. The van der Waals surface area contributed by atoms with Gasteiger partial charge in [-0.25, -0.2) is 0 Å². The minimum Gasteiger partial charge on any atom is -0.493 e. The quantitative estimate of drug-likeness (QED) is 0.882. The number of nitrogens with zero attached hydrogens (tertiary/aromatic N) is 1. The Morgan fingerprint density at radius 2 is 2.14 bits per heavy atom. The second-order valence-electron chi connectivity index (χ2n) is 4.80. The van der Waals surface area contributed by atoms with Gasteiger partial charge in [0, 0.05) is 37.0 Å². The zero-order valence-electron chi connectivity index (χ0n) is 12.0. The van der Waals surface area contributed by atoms with Crippen molar-refractivity contribution in [2.45, 2.75) is 13.0 Å². The molecule has 0 fully saturated rings. The van der Waals surface area contributed by atoms with Crippen LogP contribution in [0.1, 0.15) is 11.1 Å². The molecule has 1 N–H and O–H groups in total. The molecular formula is C16H18N2O3. The van der Waals surface area contributed by atoms with Crippen molar-refractivity contribution in [3.05, 3.63) is 47.8 Å². The number of rotatable bonds is 6. The summed E-state index contributed by atoms with van der Waals surface area (Å²) in [6.45, 7) is 1.59. The van der Waals surface area contributed by atoms with Gasteiger partial charge in [-0.05, 0) is 24.7 Å². The molecule has 0 bridgehead atoms. The van der Waals surface area contributed by atoms with E-state index in [4.69, 9.17) is 14.2 Å². The first-order valence-electron chi connectivity index (χ1n) is 6.95. The number of pyridine rings is 1. The predicted octanol–water partition coefficient (Wildman–Crippen LogP) is 2.15. The summed E-state index contributed by atoms with van der Waals surface area (Å²) < 4.78 is 16.7. The average Bonchev–Trinajstić information content (AvgIpc) is 2.96. The van der Waals surface area contributed by atoms with Crippen molar-refractivity contribution in [1.29, 1.82) is 0 Å². The van der Waals surface area contributed by atoms with Crippen molar-refractivity contribution in [3.63, 3.8) is 0 Å². The molecule has 0 atom stereocenters. The highest BCUT2D eigenvalue weighted by Gasteiger charge is 2.17. The number of aromatic nitrogens is 1. The highest BCUT2D eigenvalue weighted by Crippen LogP contribution is 2.38. The van der Waals surface area contributed by atoms with Crippen molar-refractivity contribution >= 4 is 0 Å². The maximum absolute atomic E-state index is 5.92. The van der Waals surface area contributed by atoms with E-state index >= 15 is 0 Å². The fourth-order valence-electron chi connectivity index (χ4n) is 2.25. The van der Waals surface area contributed by atoms with Gasteiger partial charge in [-0.3, -0.25) is 4.98 Å². The molecule has 110 valence electrons. The van der Waals surface area contributed by atoms with Crippen LogP contribution in [0.25, 0.3) is 0 Å². The third kappa shape index (κ3) is 3.25. The van der Waals surface area contributed by atoms with Gasteiger partial charge in [0.2, 0.25) is 6.79 Å². The van der Waals surface area contributed by atoms with Crippen LogP contribution in [-0.4, -0.2) is 25.4 Å². The van der Waals surface area contributed by atoms with Crippen LogP contribution in [0.4, 0.5) is 0 Å². The Hall–Kier alpha value is -2.27. The Morgan fingerprint density at radius 1 is 1.29 bits per heavy atom. The highest BCUT2D eigenvalue weighted by atomic mass is 16.7. The van der Waals surface area contributed by atoms with E-state index in [1.54, 1.807) is 6.20 Å². The van der Waals surface area contributed by atoms with Crippen molar-refractivity contribution < 1.29 is 14.2 Å². The Kier molecular flexibility index (Phi) is 4.21. The monoisotopic (exact) mass is 286 g/mol. The average molecular weight is 286 g/mol. The summed E-state index contributed by atoms with van der Waals surface area (Å²) in [7, 11) is 1.91. The van der Waals surface area contributed by atoms with E-state index < -0.39 is 0 Å². The van der Waals surface area contributed by atoms with E-state index in [9.17, 15) is 0 Å². The second kappa shape index (κ2) is 6.45. The second-order valence-corrected chi connectivity index (χ2v) is 4.80. The predicted molar refractivity (Wildman–Crippen MR) is 78.8 cm³/mol. The van der Waals surface area contributed by atoms with Crippen LogP contribution in [0.5, 0.6) is 17.2 Å². The van der Waals surface area contributed by atoms with Gasteiger partial charge in [0.05, 0.1) is 6.61 Å².